The zero-order chi connectivity index (χ0) is 21.5. The second-order valence-electron chi connectivity index (χ2n) is 7.50. The number of halogens is 2. The van der Waals surface area contributed by atoms with E-state index in [1.807, 2.05) is 0 Å². The van der Waals surface area contributed by atoms with Gasteiger partial charge < -0.3 is 9.64 Å². The molecule has 3 N–H and O–H groups in total. The number of carbonyl (C=O) groups excluding carboxylic acids is 2. The van der Waals surface area contributed by atoms with E-state index < -0.39 is 17.6 Å². The molecule has 1 aliphatic heterocycles. The van der Waals surface area contributed by atoms with Crippen LogP contribution in [0.5, 0.6) is 0 Å². The van der Waals surface area contributed by atoms with Crippen molar-refractivity contribution in [2.75, 3.05) is 43.2 Å². The summed E-state index contributed by atoms with van der Waals surface area (Å²) in [6.45, 7) is 1.64. The zero-order valence-electron chi connectivity index (χ0n) is 16.5. The first-order valence-electron chi connectivity index (χ1n) is 10.00. The average molecular weight is 445 g/mol. The van der Waals surface area contributed by atoms with Gasteiger partial charge in [0.25, 0.3) is 0 Å². The Bertz CT molecular complexity index is 746. The smallest absolute Gasteiger partial charge is 0.243 e. The number of hydrogen-bond donors (Lipinski definition) is 3. The van der Waals surface area contributed by atoms with Crippen LogP contribution >= 0.6 is 11.6 Å². The average Bonchev–Trinajstić information content (AvgIpc) is 3.27. The Morgan fingerprint density at radius 3 is 2.73 bits per heavy atom. The van der Waals surface area contributed by atoms with Gasteiger partial charge in [-0.2, -0.15) is 14.4 Å². The second kappa shape index (κ2) is 10.7. The third kappa shape index (κ3) is 5.89. The van der Waals surface area contributed by atoms with Crippen LogP contribution < -0.4 is 15.8 Å². The Morgan fingerprint density at radius 1 is 1.37 bits per heavy atom. The van der Waals surface area contributed by atoms with E-state index >= 15 is 0 Å². The number of rotatable bonds is 9. The van der Waals surface area contributed by atoms with Gasteiger partial charge in [-0.3, -0.25) is 25.6 Å². The lowest BCUT2D eigenvalue weighted by atomic mass is 9.92. The lowest BCUT2D eigenvalue weighted by molar-refractivity contribution is -0.154. The Hall–Kier alpha value is -2.24. The van der Waals surface area contributed by atoms with E-state index in [2.05, 4.69) is 20.8 Å². The highest BCUT2D eigenvalue weighted by molar-refractivity contribution is 6.28. The maximum absolute atomic E-state index is 14.9. The van der Waals surface area contributed by atoms with Gasteiger partial charge in [0.05, 0.1) is 25.7 Å². The van der Waals surface area contributed by atoms with E-state index in [4.69, 9.17) is 16.3 Å². The summed E-state index contributed by atoms with van der Waals surface area (Å²) < 4.78 is 20.2. The molecule has 2 heterocycles. The van der Waals surface area contributed by atoms with Crippen LogP contribution in [0.3, 0.4) is 0 Å². The molecule has 2 aliphatic rings. The SMILES string of the molecule is O=CN(O)C[C@@H](CC1CCCC1)C(=O)NNc1nc(Cl)nc(N2CCOCC2)c1F. The van der Waals surface area contributed by atoms with Crippen molar-refractivity contribution >= 4 is 35.6 Å². The van der Waals surface area contributed by atoms with Crippen LogP contribution in [0.15, 0.2) is 0 Å². The first-order valence-corrected chi connectivity index (χ1v) is 10.4. The normalized spacial score (nSPS) is 18.2. The van der Waals surface area contributed by atoms with Crippen molar-refractivity contribution in [3.8, 4) is 0 Å². The monoisotopic (exact) mass is 444 g/mol. The molecule has 0 aromatic carbocycles. The van der Waals surface area contributed by atoms with Gasteiger partial charge in [-0.25, -0.2) is 5.06 Å². The number of nitrogens with one attached hydrogen (secondary N) is 2. The molecule has 0 unspecified atom stereocenters. The fourth-order valence-electron chi connectivity index (χ4n) is 3.88. The Balaban J connectivity index is 1.67. The molecule has 1 aromatic rings. The number of anilines is 2. The summed E-state index contributed by atoms with van der Waals surface area (Å²) >= 11 is 5.94. The summed E-state index contributed by atoms with van der Waals surface area (Å²) in [5, 5.41) is 9.82. The maximum Gasteiger partial charge on any atom is 0.243 e. The number of aromatic nitrogens is 2. The van der Waals surface area contributed by atoms with Crippen molar-refractivity contribution in [3.05, 3.63) is 11.1 Å². The molecule has 12 heteroatoms. The molecular formula is C18H26ClFN6O4. The van der Waals surface area contributed by atoms with E-state index in [0.29, 0.717) is 43.7 Å². The van der Waals surface area contributed by atoms with Crippen molar-refractivity contribution in [2.45, 2.75) is 32.1 Å². The summed E-state index contributed by atoms with van der Waals surface area (Å²) in [5.74, 6) is -1.77. The number of ether oxygens (including phenoxy) is 1. The van der Waals surface area contributed by atoms with Crippen LogP contribution in [0, 0.1) is 17.7 Å². The number of hydrazine groups is 1. The summed E-state index contributed by atoms with van der Waals surface area (Å²) in [6, 6.07) is 0. The van der Waals surface area contributed by atoms with Crippen molar-refractivity contribution < 1.29 is 23.9 Å². The number of morpholine rings is 1. The van der Waals surface area contributed by atoms with Crippen LogP contribution in [0.1, 0.15) is 32.1 Å². The van der Waals surface area contributed by atoms with Gasteiger partial charge in [0.2, 0.25) is 23.4 Å². The molecule has 1 aromatic heterocycles. The largest absolute Gasteiger partial charge is 0.378 e. The fraction of sp³-hybridized carbons (Fsp3) is 0.667. The summed E-state index contributed by atoms with van der Waals surface area (Å²) in [5.41, 5.74) is 4.90. The molecule has 3 rings (SSSR count). The first-order chi connectivity index (χ1) is 14.5. The molecular weight excluding hydrogens is 419 g/mol. The quantitative estimate of drug-likeness (QED) is 0.227. The minimum absolute atomic E-state index is 0.0278. The minimum atomic E-state index is -0.745. The molecule has 2 amide bonds. The van der Waals surface area contributed by atoms with E-state index in [0.717, 1.165) is 25.7 Å². The van der Waals surface area contributed by atoms with Crippen LogP contribution in [0.4, 0.5) is 16.0 Å². The summed E-state index contributed by atoms with van der Waals surface area (Å²) in [6.07, 6.45) is 4.97. The van der Waals surface area contributed by atoms with Gasteiger partial charge in [0.1, 0.15) is 0 Å². The topological polar surface area (TPSA) is 120 Å². The highest BCUT2D eigenvalue weighted by atomic mass is 35.5. The molecule has 1 aliphatic carbocycles. The lowest BCUT2D eigenvalue weighted by Gasteiger charge is -2.28. The predicted molar refractivity (Wildman–Crippen MR) is 106 cm³/mol. The van der Waals surface area contributed by atoms with Crippen LogP contribution in [-0.4, -0.2) is 65.4 Å². The number of amides is 2. The van der Waals surface area contributed by atoms with Gasteiger partial charge in [0, 0.05) is 13.1 Å². The molecule has 1 saturated carbocycles. The molecule has 0 radical (unpaired) electrons. The molecule has 1 saturated heterocycles. The van der Waals surface area contributed by atoms with Crippen LogP contribution in [0.2, 0.25) is 5.28 Å². The van der Waals surface area contributed by atoms with Crippen molar-refractivity contribution in [2.24, 2.45) is 11.8 Å². The Labute approximate surface area is 178 Å². The van der Waals surface area contributed by atoms with E-state index in [9.17, 15) is 19.2 Å². The maximum atomic E-state index is 14.9. The third-order valence-corrected chi connectivity index (χ3v) is 5.58. The van der Waals surface area contributed by atoms with E-state index in [1.165, 1.54) is 0 Å². The molecule has 1 atom stereocenters. The van der Waals surface area contributed by atoms with E-state index in [-0.39, 0.29) is 29.9 Å². The van der Waals surface area contributed by atoms with Gasteiger partial charge in [0.15, 0.2) is 11.6 Å². The molecule has 166 valence electrons. The molecule has 0 bridgehead atoms. The van der Waals surface area contributed by atoms with Crippen LogP contribution in [-0.2, 0) is 14.3 Å². The van der Waals surface area contributed by atoms with Crippen molar-refractivity contribution in [1.82, 2.24) is 20.5 Å². The summed E-state index contributed by atoms with van der Waals surface area (Å²) in [7, 11) is 0. The van der Waals surface area contributed by atoms with Gasteiger partial charge in [-0.1, -0.05) is 25.7 Å². The zero-order valence-corrected chi connectivity index (χ0v) is 17.3. The van der Waals surface area contributed by atoms with Crippen molar-refractivity contribution in [1.29, 1.82) is 0 Å². The first kappa shape index (κ1) is 22.4. The Kier molecular flexibility index (Phi) is 8.00. The molecule has 10 nitrogen and oxygen atoms in total. The molecule has 30 heavy (non-hydrogen) atoms. The molecule has 2 fully saturated rings. The lowest BCUT2D eigenvalue weighted by Crippen LogP contribution is -2.41. The second-order valence-corrected chi connectivity index (χ2v) is 7.84. The number of hydroxylamine groups is 2. The highest BCUT2D eigenvalue weighted by Gasteiger charge is 2.28. The highest BCUT2D eigenvalue weighted by Crippen LogP contribution is 2.31. The number of hydrogen-bond acceptors (Lipinski definition) is 8. The third-order valence-electron chi connectivity index (χ3n) is 5.41. The summed E-state index contributed by atoms with van der Waals surface area (Å²) in [4.78, 5) is 32.9. The number of carbonyl (C=O) groups is 2. The van der Waals surface area contributed by atoms with Gasteiger partial charge >= 0.3 is 0 Å². The minimum Gasteiger partial charge on any atom is -0.378 e. The molecule has 0 spiro atoms. The van der Waals surface area contributed by atoms with E-state index in [1.54, 1.807) is 4.90 Å². The van der Waals surface area contributed by atoms with Crippen molar-refractivity contribution in [3.63, 3.8) is 0 Å². The predicted octanol–water partition coefficient (Wildman–Crippen LogP) is 1.59. The fourth-order valence-corrected chi connectivity index (χ4v) is 4.05. The van der Waals surface area contributed by atoms with Gasteiger partial charge in [-0.05, 0) is 23.9 Å². The number of nitrogens with zero attached hydrogens (tertiary/aromatic N) is 4. The van der Waals surface area contributed by atoms with Gasteiger partial charge in [-0.15, -0.1) is 0 Å². The Morgan fingerprint density at radius 2 is 2.07 bits per heavy atom. The van der Waals surface area contributed by atoms with Crippen LogP contribution in [0.25, 0.3) is 0 Å². The standard InChI is InChI=1S/C18H26ClFN6O4/c19-18-21-15(14(20)16(22-18)25-5-7-30-8-6-25)23-24-17(28)13(10-26(29)11-27)9-12-3-1-2-4-12/h11-13,29H,1-10H2,(H,24,28)(H,21,22,23)/t13-/m1/s1.